The summed E-state index contributed by atoms with van der Waals surface area (Å²) < 4.78 is 5.30. The summed E-state index contributed by atoms with van der Waals surface area (Å²) in [5.74, 6) is 1.05. The third kappa shape index (κ3) is 2.63. The second-order valence-electron chi connectivity index (χ2n) is 5.31. The van der Waals surface area contributed by atoms with Crippen LogP contribution in [0.4, 0.5) is 0 Å². The van der Waals surface area contributed by atoms with Gasteiger partial charge in [0.05, 0.1) is 12.1 Å². The number of halogens is 1. The van der Waals surface area contributed by atoms with Crippen molar-refractivity contribution in [3.63, 3.8) is 0 Å². The predicted molar refractivity (Wildman–Crippen MR) is 76.8 cm³/mol. The molecule has 0 amide bonds. The number of carbonyl (C=O) groups excluding carboxylic acids is 1. The molecule has 3 nitrogen and oxygen atoms in total. The number of hydrogen-bond donors (Lipinski definition) is 0. The number of hydrogen-bond acceptors (Lipinski definition) is 3. The average molecular weight is 282 g/mol. The third-order valence-corrected chi connectivity index (χ3v) is 4.49. The summed E-state index contributed by atoms with van der Waals surface area (Å²) in [5, 5.41) is 0.618. The maximum atomic E-state index is 11.5. The summed E-state index contributed by atoms with van der Waals surface area (Å²) >= 11 is 6.09. The Morgan fingerprint density at radius 1 is 1.26 bits per heavy atom. The quantitative estimate of drug-likeness (QED) is 0.852. The van der Waals surface area contributed by atoms with Crippen molar-refractivity contribution in [1.82, 2.24) is 4.90 Å². The highest BCUT2D eigenvalue weighted by molar-refractivity contribution is 6.32. The second kappa shape index (κ2) is 5.51. The molecule has 0 spiro atoms. The van der Waals surface area contributed by atoms with E-state index in [4.69, 9.17) is 16.3 Å². The first-order valence-electron chi connectivity index (χ1n) is 6.53. The summed E-state index contributed by atoms with van der Waals surface area (Å²) in [7, 11) is 5.76. The fraction of sp³-hybridized carbons (Fsp3) is 0.533. The zero-order valence-electron chi connectivity index (χ0n) is 11.7. The van der Waals surface area contributed by atoms with Gasteiger partial charge in [-0.15, -0.1) is 0 Å². The molecular weight excluding hydrogens is 262 g/mol. The van der Waals surface area contributed by atoms with Gasteiger partial charge >= 0.3 is 0 Å². The van der Waals surface area contributed by atoms with Gasteiger partial charge < -0.3 is 4.74 Å². The average Bonchev–Trinajstić information content (AvgIpc) is 2.40. The van der Waals surface area contributed by atoms with Gasteiger partial charge in [-0.25, -0.2) is 0 Å². The number of benzene rings is 1. The molecule has 0 saturated heterocycles. The molecule has 0 heterocycles. The van der Waals surface area contributed by atoms with Gasteiger partial charge in [-0.2, -0.15) is 0 Å². The van der Waals surface area contributed by atoms with Crippen LogP contribution in [0.3, 0.4) is 0 Å². The Morgan fingerprint density at radius 2 is 1.89 bits per heavy atom. The number of methoxy groups -OCH3 is 1. The molecule has 1 aromatic carbocycles. The molecule has 0 bridgehead atoms. The zero-order valence-corrected chi connectivity index (χ0v) is 12.5. The normalized spacial score (nSPS) is 18.7. The van der Waals surface area contributed by atoms with Crippen molar-refractivity contribution < 1.29 is 9.53 Å². The standard InChI is InChI=1S/C15H20ClNO2/c1-17(2)15(8-6-12(18)7-9-15)11-4-5-13(16)14(10-11)19-3/h4-5,10H,6-9H2,1-3H3. The highest BCUT2D eigenvalue weighted by Gasteiger charge is 2.38. The van der Waals surface area contributed by atoms with Crippen molar-refractivity contribution >= 4 is 17.4 Å². The number of ketones is 1. The smallest absolute Gasteiger partial charge is 0.137 e. The van der Waals surface area contributed by atoms with Crippen LogP contribution in [0.2, 0.25) is 5.02 Å². The lowest BCUT2D eigenvalue weighted by molar-refractivity contribution is -0.122. The number of Topliss-reactive ketones (excluding diaryl/α,β-unsaturated/α-hetero) is 1. The molecule has 0 N–H and O–H groups in total. The summed E-state index contributed by atoms with van der Waals surface area (Å²) in [6.07, 6.45) is 2.99. The van der Waals surface area contributed by atoms with Crippen molar-refractivity contribution in [1.29, 1.82) is 0 Å². The summed E-state index contributed by atoms with van der Waals surface area (Å²) in [5.41, 5.74) is 1.08. The molecule has 1 fully saturated rings. The highest BCUT2D eigenvalue weighted by atomic mass is 35.5. The first-order chi connectivity index (χ1) is 8.99. The molecule has 1 aliphatic carbocycles. The van der Waals surface area contributed by atoms with Crippen LogP contribution in [0.25, 0.3) is 0 Å². The van der Waals surface area contributed by atoms with E-state index in [0.717, 1.165) is 12.8 Å². The molecule has 19 heavy (non-hydrogen) atoms. The number of ether oxygens (including phenoxy) is 1. The minimum absolute atomic E-state index is 0.0915. The van der Waals surface area contributed by atoms with E-state index in [0.29, 0.717) is 29.4 Å². The Hall–Kier alpha value is -1.06. The number of nitrogens with zero attached hydrogens (tertiary/aromatic N) is 1. The van der Waals surface area contributed by atoms with Crippen LogP contribution < -0.4 is 4.74 Å². The molecular formula is C15H20ClNO2. The first-order valence-corrected chi connectivity index (χ1v) is 6.90. The molecule has 1 aromatic rings. The van der Waals surface area contributed by atoms with E-state index in [2.05, 4.69) is 19.0 Å². The van der Waals surface area contributed by atoms with Gasteiger partial charge in [0.25, 0.3) is 0 Å². The van der Waals surface area contributed by atoms with E-state index in [1.165, 1.54) is 5.56 Å². The van der Waals surface area contributed by atoms with Gasteiger partial charge in [-0.05, 0) is 44.6 Å². The maximum absolute atomic E-state index is 11.5. The van der Waals surface area contributed by atoms with Crippen LogP contribution in [0.5, 0.6) is 5.75 Å². The Balaban J connectivity index is 2.42. The van der Waals surface area contributed by atoms with E-state index < -0.39 is 0 Å². The first kappa shape index (κ1) is 14.4. The molecule has 0 atom stereocenters. The van der Waals surface area contributed by atoms with Crippen molar-refractivity contribution in [3.05, 3.63) is 28.8 Å². The lowest BCUT2D eigenvalue weighted by Crippen LogP contribution is -2.44. The molecule has 0 unspecified atom stereocenters. The lowest BCUT2D eigenvalue weighted by Gasteiger charge is -2.43. The van der Waals surface area contributed by atoms with Gasteiger partial charge in [0.15, 0.2) is 0 Å². The molecule has 104 valence electrons. The van der Waals surface area contributed by atoms with Crippen molar-refractivity contribution in [3.8, 4) is 5.75 Å². The van der Waals surface area contributed by atoms with Crippen molar-refractivity contribution in [2.45, 2.75) is 31.2 Å². The van der Waals surface area contributed by atoms with Crippen LogP contribution in [-0.4, -0.2) is 31.9 Å². The molecule has 0 aliphatic heterocycles. The van der Waals surface area contributed by atoms with E-state index >= 15 is 0 Å². The van der Waals surface area contributed by atoms with Crippen LogP contribution in [0.1, 0.15) is 31.2 Å². The van der Waals surface area contributed by atoms with Crippen LogP contribution in [0, 0.1) is 0 Å². The van der Waals surface area contributed by atoms with E-state index in [9.17, 15) is 4.79 Å². The van der Waals surface area contributed by atoms with Crippen LogP contribution in [0.15, 0.2) is 18.2 Å². The topological polar surface area (TPSA) is 29.5 Å². The minimum atomic E-state index is -0.0915. The van der Waals surface area contributed by atoms with Gasteiger partial charge in [0.2, 0.25) is 0 Å². The van der Waals surface area contributed by atoms with Gasteiger partial charge in [-0.3, -0.25) is 9.69 Å². The zero-order chi connectivity index (χ0) is 14.0. The maximum Gasteiger partial charge on any atom is 0.137 e. The monoisotopic (exact) mass is 281 g/mol. The van der Waals surface area contributed by atoms with Crippen LogP contribution in [-0.2, 0) is 10.3 Å². The molecule has 4 heteroatoms. The summed E-state index contributed by atoms with van der Waals surface area (Å²) in [4.78, 5) is 13.7. The van der Waals surface area contributed by atoms with E-state index in [1.807, 2.05) is 18.2 Å². The molecule has 0 aromatic heterocycles. The fourth-order valence-corrected chi connectivity index (χ4v) is 3.08. The van der Waals surface area contributed by atoms with E-state index in [1.54, 1.807) is 7.11 Å². The van der Waals surface area contributed by atoms with Crippen LogP contribution >= 0.6 is 11.6 Å². The van der Waals surface area contributed by atoms with Gasteiger partial charge in [-0.1, -0.05) is 17.7 Å². The number of rotatable bonds is 3. The lowest BCUT2D eigenvalue weighted by atomic mass is 9.75. The predicted octanol–water partition coefficient (Wildman–Crippen LogP) is 3.25. The van der Waals surface area contributed by atoms with Gasteiger partial charge in [0, 0.05) is 18.4 Å². The third-order valence-electron chi connectivity index (χ3n) is 4.18. The molecule has 2 rings (SSSR count). The minimum Gasteiger partial charge on any atom is -0.495 e. The summed E-state index contributed by atoms with van der Waals surface area (Å²) in [6.45, 7) is 0. The molecule has 1 aliphatic rings. The largest absolute Gasteiger partial charge is 0.495 e. The number of carbonyl (C=O) groups is 1. The van der Waals surface area contributed by atoms with Gasteiger partial charge in [0.1, 0.15) is 11.5 Å². The van der Waals surface area contributed by atoms with Crippen molar-refractivity contribution in [2.24, 2.45) is 0 Å². The Bertz CT molecular complexity index is 475. The Kier molecular flexibility index (Phi) is 4.16. The molecule has 1 saturated carbocycles. The van der Waals surface area contributed by atoms with E-state index in [-0.39, 0.29) is 5.54 Å². The Labute approximate surface area is 119 Å². The fourth-order valence-electron chi connectivity index (χ4n) is 2.89. The molecule has 0 radical (unpaired) electrons. The SMILES string of the molecule is COc1cc(C2(N(C)C)CCC(=O)CC2)ccc1Cl. The van der Waals surface area contributed by atoms with Crippen molar-refractivity contribution in [2.75, 3.05) is 21.2 Å². The highest BCUT2D eigenvalue weighted by Crippen LogP contribution is 2.42. The second-order valence-corrected chi connectivity index (χ2v) is 5.72. The summed E-state index contributed by atoms with van der Waals surface area (Å²) in [6, 6.07) is 5.91. The Morgan fingerprint density at radius 3 is 2.42 bits per heavy atom.